The highest BCUT2D eigenvalue weighted by atomic mass is 28.4. The van der Waals surface area contributed by atoms with Crippen molar-refractivity contribution in [3.05, 3.63) is 23.5 Å². The minimum atomic E-state index is -2.45. The molecule has 2 fully saturated rings. The van der Waals surface area contributed by atoms with Gasteiger partial charge in [-0.15, -0.1) is 0 Å². The largest absolute Gasteiger partial charge is 0.500 e. The number of hydrogen-bond acceptors (Lipinski definition) is 6. The maximum absolute atomic E-state index is 14.5. The molecule has 0 heterocycles. The molecule has 0 aromatic heterocycles. The summed E-state index contributed by atoms with van der Waals surface area (Å²) in [5.41, 5.74) is -0.668. The molecule has 2 aliphatic carbocycles. The van der Waals surface area contributed by atoms with E-state index in [1.807, 2.05) is 19.1 Å². The lowest BCUT2D eigenvalue weighted by molar-refractivity contribution is -0.140. The van der Waals surface area contributed by atoms with Crippen LogP contribution in [0.3, 0.4) is 0 Å². The summed E-state index contributed by atoms with van der Waals surface area (Å²) in [7, 11) is -3.51. The van der Waals surface area contributed by atoms with Crippen molar-refractivity contribution in [3.8, 4) is 11.8 Å². The van der Waals surface area contributed by atoms with E-state index in [2.05, 4.69) is 79.6 Å². The van der Waals surface area contributed by atoms with Crippen molar-refractivity contribution < 1.29 is 28.3 Å². The minimum absolute atomic E-state index is 0.0857. The third-order valence-corrected chi connectivity index (χ3v) is 18.8. The van der Waals surface area contributed by atoms with E-state index in [0.29, 0.717) is 12.8 Å². The summed E-state index contributed by atoms with van der Waals surface area (Å²) in [5, 5.41) is 11.3. The highest BCUT2D eigenvalue weighted by molar-refractivity contribution is 6.75. The number of rotatable bonds is 9. The number of aliphatic hydroxyl groups excluding tert-OH is 1. The topological polar surface area (TPSA) is 82.1 Å². The summed E-state index contributed by atoms with van der Waals surface area (Å²) in [6, 6.07) is 0. The van der Waals surface area contributed by atoms with Crippen LogP contribution in [0.2, 0.25) is 36.3 Å². The van der Waals surface area contributed by atoms with Crippen molar-refractivity contribution in [2.75, 3.05) is 7.11 Å². The second-order valence-corrected chi connectivity index (χ2v) is 24.3. The molecule has 3 atom stereocenters. The molecular formula is C33H56O6Si2. The maximum atomic E-state index is 14.5. The molecule has 0 aromatic rings. The van der Waals surface area contributed by atoms with Crippen molar-refractivity contribution in [2.24, 2.45) is 11.8 Å². The summed E-state index contributed by atoms with van der Waals surface area (Å²) < 4.78 is 19.5. The number of carbonyl (C=O) groups excluding carboxylic acids is 2. The van der Waals surface area contributed by atoms with Gasteiger partial charge in [0.05, 0.1) is 18.6 Å². The Morgan fingerprint density at radius 3 is 2.10 bits per heavy atom. The van der Waals surface area contributed by atoms with Crippen LogP contribution in [0.5, 0.6) is 0 Å². The third kappa shape index (κ3) is 7.65. The van der Waals surface area contributed by atoms with Crippen LogP contribution in [0.25, 0.3) is 0 Å². The Hall–Kier alpha value is -1.67. The van der Waals surface area contributed by atoms with E-state index in [9.17, 15) is 14.7 Å². The van der Waals surface area contributed by atoms with Gasteiger partial charge in [0.2, 0.25) is 0 Å². The highest BCUT2D eigenvalue weighted by Crippen LogP contribution is 2.57. The first-order valence-electron chi connectivity index (χ1n) is 15.3. The fourth-order valence-electron chi connectivity index (χ4n) is 5.46. The molecular weight excluding hydrogens is 549 g/mol. The molecule has 0 bridgehead atoms. The Kier molecular flexibility index (Phi) is 11.5. The van der Waals surface area contributed by atoms with Crippen LogP contribution in [-0.4, -0.2) is 52.3 Å². The lowest BCUT2D eigenvalue weighted by atomic mass is 9.76. The van der Waals surface area contributed by atoms with Crippen molar-refractivity contribution in [2.45, 2.75) is 141 Å². The van der Waals surface area contributed by atoms with E-state index < -0.39 is 34.3 Å². The van der Waals surface area contributed by atoms with Gasteiger partial charge in [-0.3, -0.25) is 9.59 Å². The number of Topliss-reactive ketones (excluding diaryl/α,β-unsaturated/α-hetero) is 1. The van der Waals surface area contributed by atoms with Crippen LogP contribution < -0.4 is 0 Å². The predicted octanol–water partition coefficient (Wildman–Crippen LogP) is 8.26. The van der Waals surface area contributed by atoms with Gasteiger partial charge in [0.1, 0.15) is 11.7 Å². The third-order valence-electron chi connectivity index (χ3n) is 9.91. The first kappa shape index (κ1) is 35.5. The van der Waals surface area contributed by atoms with Crippen molar-refractivity contribution in [1.82, 2.24) is 0 Å². The number of carbonyl (C=O) groups is 2. The Bertz CT molecular complexity index is 1070. The summed E-state index contributed by atoms with van der Waals surface area (Å²) in [6.45, 7) is 24.0. The van der Waals surface area contributed by atoms with E-state index in [1.165, 1.54) is 7.11 Å². The maximum Gasteiger partial charge on any atom is 0.305 e. The zero-order valence-corrected chi connectivity index (χ0v) is 29.8. The average molecular weight is 605 g/mol. The Balaban J connectivity index is 2.84. The number of ether oxygens (including phenoxy) is 1. The van der Waals surface area contributed by atoms with Crippen molar-refractivity contribution in [3.63, 3.8) is 0 Å². The van der Waals surface area contributed by atoms with Gasteiger partial charge in [0.25, 0.3) is 0 Å². The van der Waals surface area contributed by atoms with E-state index in [0.717, 1.165) is 25.7 Å². The van der Waals surface area contributed by atoms with E-state index in [1.54, 1.807) is 0 Å². The Morgan fingerprint density at radius 2 is 1.61 bits per heavy atom. The van der Waals surface area contributed by atoms with Gasteiger partial charge in [-0.1, -0.05) is 72.5 Å². The van der Waals surface area contributed by atoms with E-state index >= 15 is 0 Å². The van der Waals surface area contributed by atoms with Gasteiger partial charge in [-0.25, -0.2) is 0 Å². The van der Waals surface area contributed by atoms with Crippen molar-refractivity contribution in [1.29, 1.82) is 0 Å². The van der Waals surface area contributed by atoms with Crippen LogP contribution in [0.4, 0.5) is 0 Å². The lowest BCUT2D eigenvalue weighted by Crippen LogP contribution is -2.62. The van der Waals surface area contributed by atoms with Crippen LogP contribution in [0.15, 0.2) is 23.5 Å². The first-order chi connectivity index (χ1) is 18.8. The lowest BCUT2D eigenvalue weighted by Gasteiger charge is -2.52. The van der Waals surface area contributed by atoms with Gasteiger partial charge < -0.3 is 18.7 Å². The number of methoxy groups -OCH3 is 1. The highest BCUT2D eigenvalue weighted by Gasteiger charge is 2.66. The molecule has 0 aliphatic heterocycles. The molecule has 1 N–H and O–H groups in total. The molecule has 0 aromatic carbocycles. The summed E-state index contributed by atoms with van der Waals surface area (Å²) >= 11 is 0. The molecule has 232 valence electrons. The van der Waals surface area contributed by atoms with Gasteiger partial charge in [0, 0.05) is 12.8 Å². The molecule has 6 nitrogen and oxygen atoms in total. The Morgan fingerprint density at radius 1 is 1.05 bits per heavy atom. The van der Waals surface area contributed by atoms with Gasteiger partial charge in [0.15, 0.2) is 28.2 Å². The molecule has 2 aliphatic rings. The second-order valence-electron chi connectivity index (χ2n) is 14.8. The molecule has 2 saturated carbocycles. The van der Waals surface area contributed by atoms with Gasteiger partial charge in [-0.05, 0) is 74.3 Å². The first-order valence-corrected chi connectivity index (χ1v) is 21.1. The Labute approximate surface area is 251 Å². The summed E-state index contributed by atoms with van der Waals surface area (Å²) in [4.78, 5) is 26.0. The van der Waals surface area contributed by atoms with Crippen molar-refractivity contribution >= 4 is 28.4 Å². The fraction of sp³-hybridized carbons (Fsp3) is 0.758. The average Bonchev–Trinajstić information content (AvgIpc) is 3.45. The molecule has 0 amide bonds. The number of allylic oxidation sites excluding steroid dienone is 2. The monoisotopic (exact) mass is 604 g/mol. The van der Waals surface area contributed by atoms with Gasteiger partial charge >= 0.3 is 5.97 Å². The van der Waals surface area contributed by atoms with Crippen LogP contribution in [-0.2, 0) is 23.2 Å². The second kappa shape index (κ2) is 13.3. The van der Waals surface area contributed by atoms with Crippen LogP contribution >= 0.6 is 0 Å². The zero-order chi connectivity index (χ0) is 31.4. The molecule has 0 spiro atoms. The number of ketones is 1. The van der Waals surface area contributed by atoms with Crippen LogP contribution in [0, 0.1) is 23.7 Å². The number of aliphatic hydroxyl groups is 1. The summed E-state index contributed by atoms with van der Waals surface area (Å²) in [5.74, 6) is 4.72. The smallest absolute Gasteiger partial charge is 0.305 e. The molecule has 8 heteroatoms. The van der Waals surface area contributed by atoms with Gasteiger partial charge in [-0.2, -0.15) is 0 Å². The normalized spacial score (nSPS) is 25.9. The molecule has 41 heavy (non-hydrogen) atoms. The van der Waals surface area contributed by atoms with E-state index in [4.69, 9.17) is 13.6 Å². The predicted molar refractivity (Wildman–Crippen MR) is 172 cm³/mol. The number of hydrogen-bond donors (Lipinski definition) is 1. The molecule has 0 radical (unpaired) electrons. The van der Waals surface area contributed by atoms with E-state index in [-0.39, 0.29) is 45.5 Å². The molecule has 2 rings (SSSR count). The fourth-order valence-corrected chi connectivity index (χ4v) is 8.30. The minimum Gasteiger partial charge on any atom is -0.500 e. The number of unbranched alkanes of at least 4 members (excludes halogenated alkanes) is 1. The summed E-state index contributed by atoms with van der Waals surface area (Å²) in [6.07, 6.45) is 8.45. The number of esters is 1. The molecule has 3 unspecified atom stereocenters. The standard InChI is InChI=1S/C33H56O6Si2/c1-13-19-25-29(36)28(26(34)22-15-14-16-23-27(35)37-8)30(38-40(9,10)31(2,3)4)33(25,24-20-17-18-21-24)39-41(11,12)32(5,6)7/h13,19,24-25,30,34H,14,16-18,20-21,23H2,1-12H3. The SMILES string of the molecule is CC=CC1C(=O)C(=C(O)C#CCCCC(=O)OC)C(O[Si](C)(C)C(C)(C)C)C1(O[Si](C)(C)C(C)(C)C)C1CCCC1. The molecule has 0 saturated heterocycles. The quantitative estimate of drug-likeness (QED) is 0.0543. The zero-order valence-electron chi connectivity index (χ0n) is 27.8. The van der Waals surface area contributed by atoms with Crippen LogP contribution in [0.1, 0.15) is 93.4 Å².